The fourth-order valence-electron chi connectivity index (χ4n) is 2.74. The minimum atomic E-state index is -0.697. The van der Waals surface area contributed by atoms with Crippen molar-refractivity contribution in [1.29, 1.82) is 0 Å². The lowest BCUT2D eigenvalue weighted by molar-refractivity contribution is -0.136. The Bertz CT molecular complexity index is 1170. The van der Waals surface area contributed by atoms with Gasteiger partial charge in [0.1, 0.15) is 0 Å². The molecule has 0 fully saturated rings. The molecule has 0 spiro atoms. The summed E-state index contributed by atoms with van der Waals surface area (Å²) >= 11 is 1.46. The number of ketones is 1. The van der Waals surface area contributed by atoms with Gasteiger partial charge in [0.05, 0.1) is 0 Å². The van der Waals surface area contributed by atoms with Crippen LogP contribution in [0.25, 0.3) is 23.2 Å². The third-order valence-electron chi connectivity index (χ3n) is 4.19. The number of rotatable bonds is 7. The van der Waals surface area contributed by atoms with E-state index in [0.29, 0.717) is 11.4 Å². The van der Waals surface area contributed by atoms with Gasteiger partial charge in [-0.3, -0.25) is 4.79 Å². The number of esters is 1. The van der Waals surface area contributed by atoms with Gasteiger partial charge < -0.3 is 4.74 Å². The van der Waals surface area contributed by atoms with Crippen LogP contribution in [0.2, 0.25) is 0 Å². The second kappa shape index (κ2) is 9.06. The Morgan fingerprint density at radius 1 is 0.967 bits per heavy atom. The number of Topliss-reactive ketones (excluding diaryl/α,β-unsaturated/α-hetero) is 1. The van der Waals surface area contributed by atoms with Crippen molar-refractivity contribution in [3.63, 3.8) is 0 Å². The van der Waals surface area contributed by atoms with Gasteiger partial charge in [0.2, 0.25) is 0 Å². The lowest BCUT2D eigenvalue weighted by Gasteiger charge is -2.09. The third-order valence-corrected chi connectivity index (χ3v) is 5.01. The van der Waals surface area contributed by atoms with Gasteiger partial charge in [-0.2, -0.15) is 4.68 Å². The van der Waals surface area contributed by atoms with Gasteiger partial charge in [-0.05, 0) is 27.9 Å². The van der Waals surface area contributed by atoms with E-state index in [4.69, 9.17) is 4.74 Å². The van der Waals surface area contributed by atoms with Crippen LogP contribution in [0.3, 0.4) is 0 Å². The quantitative estimate of drug-likeness (QED) is 0.259. The van der Waals surface area contributed by atoms with E-state index in [1.54, 1.807) is 30.3 Å². The number of tetrazole rings is 1. The summed E-state index contributed by atoms with van der Waals surface area (Å²) in [6.07, 6.45) is 1.64. The van der Waals surface area contributed by atoms with E-state index in [-0.39, 0.29) is 18.1 Å². The minimum Gasteiger partial charge on any atom is -0.453 e. The standard InChI is InChI=1S/C22H16N4O3S/c27-20(16-8-3-1-4-9-16)15-29-22(28)19(14-18-12-7-13-30-18)26-21(23-24-25-26)17-10-5-2-6-11-17/h1-14H,15H2/b19-14-. The number of thiophene rings is 1. The molecule has 0 bridgehead atoms. The first kappa shape index (κ1) is 19.4. The van der Waals surface area contributed by atoms with Crippen molar-refractivity contribution in [2.45, 2.75) is 0 Å². The third kappa shape index (κ3) is 4.39. The second-order valence-corrected chi connectivity index (χ2v) is 7.17. The van der Waals surface area contributed by atoms with Crippen LogP contribution in [-0.2, 0) is 9.53 Å². The van der Waals surface area contributed by atoms with Gasteiger partial charge in [-0.1, -0.05) is 66.7 Å². The molecule has 0 aliphatic carbocycles. The van der Waals surface area contributed by atoms with Gasteiger partial charge in [-0.15, -0.1) is 16.4 Å². The van der Waals surface area contributed by atoms with Crippen LogP contribution in [0.4, 0.5) is 0 Å². The van der Waals surface area contributed by atoms with Crippen molar-refractivity contribution in [2.75, 3.05) is 6.61 Å². The zero-order chi connectivity index (χ0) is 20.8. The first-order chi connectivity index (χ1) is 14.7. The number of nitrogens with zero attached hydrogens (tertiary/aromatic N) is 4. The number of benzene rings is 2. The topological polar surface area (TPSA) is 87.0 Å². The van der Waals surface area contributed by atoms with Gasteiger partial charge in [0, 0.05) is 16.0 Å². The minimum absolute atomic E-state index is 0.113. The number of carbonyl (C=O) groups is 2. The lowest BCUT2D eigenvalue weighted by Crippen LogP contribution is -2.19. The summed E-state index contributed by atoms with van der Waals surface area (Å²) in [5.74, 6) is -0.596. The van der Waals surface area contributed by atoms with Crippen molar-refractivity contribution >= 4 is 34.9 Å². The summed E-state index contributed by atoms with van der Waals surface area (Å²) in [5.41, 5.74) is 1.33. The highest BCUT2D eigenvalue weighted by Crippen LogP contribution is 2.22. The summed E-state index contributed by atoms with van der Waals surface area (Å²) in [6, 6.07) is 21.7. The SMILES string of the molecule is O=C(OCC(=O)c1ccccc1)/C(=C/c1cccs1)n1nnnc1-c1ccccc1. The summed E-state index contributed by atoms with van der Waals surface area (Å²) in [5, 5.41) is 13.7. The Balaban J connectivity index is 1.63. The first-order valence-corrected chi connectivity index (χ1v) is 9.95. The maximum Gasteiger partial charge on any atom is 0.357 e. The largest absolute Gasteiger partial charge is 0.453 e. The number of hydrogen-bond donors (Lipinski definition) is 0. The van der Waals surface area contributed by atoms with Gasteiger partial charge in [0.15, 0.2) is 23.9 Å². The predicted octanol–water partition coefficient (Wildman–Crippen LogP) is 3.83. The highest BCUT2D eigenvalue weighted by Gasteiger charge is 2.22. The smallest absolute Gasteiger partial charge is 0.357 e. The second-order valence-electron chi connectivity index (χ2n) is 6.19. The number of ether oxygens (including phenoxy) is 1. The summed E-state index contributed by atoms with van der Waals surface area (Å²) < 4.78 is 6.64. The van der Waals surface area contributed by atoms with Gasteiger partial charge in [-0.25, -0.2) is 4.79 Å². The number of hydrogen-bond acceptors (Lipinski definition) is 7. The molecule has 2 aromatic carbocycles. The molecule has 0 saturated carbocycles. The van der Waals surface area contributed by atoms with Crippen molar-refractivity contribution in [1.82, 2.24) is 20.2 Å². The summed E-state index contributed by atoms with van der Waals surface area (Å²) in [6.45, 7) is -0.382. The molecule has 0 amide bonds. The molecule has 0 aliphatic heterocycles. The van der Waals surface area contributed by atoms with E-state index < -0.39 is 5.97 Å². The Morgan fingerprint density at radius 3 is 2.40 bits per heavy atom. The average Bonchev–Trinajstić information content (AvgIpc) is 3.49. The van der Waals surface area contributed by atoms with E-state index in [9.17, 15) is 9.59 Å². The molecular weight excluding hydrogens is 400 g/mol. The molecule has 0 saturated heterocycles. The zero-order valence-corrected chi connectivity index (χ0v) is 16.5. The van der Waals surface area contributed by atoms with E-state index in [1.165, 1.54) is 16.0 Å². The van der Waals surface area contributed by atoms with Crippen LogP contribution >= 0.6 is 11.3 Å². The van der Waals surface area contributed by atoms with Crippen molar-refractivity contribution in [3.8, 4) is 11.4 Å². The van der Waals surface area contributed by atoms with Crippen LogP contribution in [-0.4, -0.2) is 38.6 Å². The number of carbonyl (C=O) groups excluding carboxylic acids is 2. The lowest BCUT2D eigenvalue weighted by atomic mass is 10.1. The summed E-state index contributed by atoms with van der Waals surface area (Å²) in [7, 11) is 0. The van der Waals surface area contributed by atoms with E-state index in [2.05, 4.69) is 15.5 Å². The normalized spacial score (nSPS) is 11.3. The Hall–Kier alpha value is -3.91. The molecule has 0 atom stereocenters. The molecule has 4 rings (SSSR count). The average molecular weight is 416 g/mol. The van der Waals surface area contributed by atoms with E-state index >= 15 is 0 Å². The maximum atomic E-state index is 12.9. The molecule has 148 valence electrons. The first-order valence-electron chi connectivity index (χ1n) is 9.07. The van der Waals surface area contributed by atoms with Gasteiger partial charge in [0.25, 0.3) is 0 Å². The van der Waals surface area contributed by atoms with Crippen LogP contribution in [0.5, 0.6) is 0 Å². The fourth-order valence-corrected chi connectivity index (χ4v) is 3.39. The Labute approximate surface area is 176 Å². The van der Waals surface area contributed by atoms with Crippen LogP contribution < -0.4 is 0 Å². The van der Waals surface area contributed by atoms with Crippen LogP contribution in [0.1, 0.15) is 15.2 Å². The molecule has 0 radical (unpaired) electrons. The maximum absolute atomic E-state index is 12.9. The highest BCUT2D eigenvalue weighted by molar-refractivity contribution is 7.10. The molecular formula is C22H16N4O3S. The van der Waals surface area contributed by atoms with Crippen molar-refractivity contribution < 1.29 is 14.3 Å². The van der Waals surface area contributed by atoms with E-state index in [0.717, 1.165) is 10.4 Å². The Kier molecular flexibility index (Phi) is 5.86. The van der Waals surface area contributed by atoms with Crippen LogP contribution in [0, 0.1) is 0 Å². The summed E-state index contributed by atoms with van der Waals surface area (Å²) in [4.78, 5) is 26.1. The highest BCUT2D eigenvalue weighted by atomic mass is 32.1. The van der Waals surface area contributed by atoms with Crippen molar-refractivity contribution in [2.24, 2.45) is 0 Å². The molecule has 0 aliphatic rings. The molecule has 30 heavy (non-hydrogen) atoms. The van der Waals surface area contributed by atoms with Crippen molar-refractivity contribution in [3.05, 3.63) is 88.6 Å². The monoisotopic (exact) mass is 416 g/mol. The Morgan fingerprint density at radius 2 is 1.70 bits per heavy atom. The van der Waals surface area contributed by atoms with E-state index in [1.807, 2.05) is 53.9 Å². The number of aromatic nitrogens is 4. The molecule has 8 heteroatoms. The zero-order valence-electron chi connectivity index (χ0n) is 15.7. The van der Waals surface area contributed by atoms with Gasteiger partial charge >= 0.3 is 5.97 Å². The molecule has 7 nitrogen and oxygen atoms in total. The fraction of sp³-hybridized carbons (Fsp3) is 0.0455. The molecule has 0 unspecified atom stereocenters. The molecule has 4 aromatic rings. The van der Waals surface area contributed by atoms with Crippen LogP contribution in [0.15, 0.2) is 78.2 Å². The molecule has 2 heterocycles. The predicted molar refractivity (Wildman–Crippen MR) is 113 cm³/mol. The molecule has 2 aromatic heterocycles. The molecule has 0 N–H and O–H groups in total.